The van der Waals surface area contributed by atoms with Gasteiger partial charge in [-0.3, -0.25) is 9.69 Å². The number of nitrogens with zero attached hydrogens (tertiary/aromatic N) is 2. The monoisotopic (exact) mass is 339 g/mol. The van der Waals surface area contributed by atoms with E-state index < -0.39 is 0 Å². The number of likely N-dealkylation sites (tertiary alicyclic amines) is 1. The van der Waals surface area contributed by atoms with Crippen molar-refractivity contribution in [2.45, 2.75) is 19.4 Å². The van der Waals surface area contributed by atoms with Gasteiger partial charge in [0.15, 0.2) is 0 Å². The zero-order valence-corrected chi connectivity index (χ0v) is 14.0. The number of piperidine rings is 1. The van der Waals surface area contributed by atoms with E-state index in [2.05, 4.69) is 10.2 Å². The van der Waals surface area contributed by atoms with Gasteiger partial charge in [-0.25, -0.2) is 4.39 Å². The summed E-state index contributed by atoms with van der Waals surface area (Å²) in [4.78, 5) is 16.9. The Labute approximate surface area is 141 Å². The molecule has 0 radical (unpaired) electrons. The average Bonchev–Trinajstić information content (AvgIpc) is 2.58. The molecule has 23 heavy (non-hydrogen) atoms. The Kier molecular flexibility index (Phi) is 5.51. The van der Waals surface area contributed by atoms with E-state index in [0.717, 1.165) is 57.7 Å². The number of halogens is 2. The van der Waals surface area contributed by atoms with Crippen molar-refractivity contribution < 1.29 is 9.18 Å². The summed E-state index contributed by atoms with van der Waals surface area (Å²) in [5.41, 5.74) is 0.992. The minimum atomic E-state index is -0.388. The standard InChI is InChI=1S/C17H23ClFN3O/c18-15-10-13(3-4-16(15)19)11-21-7-1-2-14(12-21)17(23)22-8-5-20-6-9-22/h3-4,10,14,20H,1-2,5-9,11-12H2. The molecule has 126 valence electrons. The summed E-state index contributed by atoms with van der Waals surface area (Å²) >= 11 is 5.85. The van der Waals surface area contributed by atoms with Gasteiger partial charge in [0.1, 0.15) is 5.82 Å². The van der Waals surface area contributed by atoms with Crippen molar-refractivity contribution in [1.82, 2.24) is 15.1 Å². The highest BCUT2D eigenvalue weighted by atomic mass is 35.5. The molecule has 0 saturated carbocycles. The number of hydrogen-bond acceptors (Lipinski definition) is 3. The molecule has 1 aromatic carbocycles. The summed E-state index contributed by atoms with van der Waals surface area (Å²) in [6, 6.07) is 4.85. The van der Waals surface area contributed by atoms with E-state index in [1.807, 2.05) is 4.90 Å². The SMILES string of the molecule is O=C(C1CCCN(Cc2ccc(F)c(Cl)c2)C1)N1CCNCC1. The fourth-order valence-electron chi connectivity index (χ4n) is 3.44. The van der Waals surface area contributed by atoms with Crippen LogP contribution in [-0.2, 0) is 11.3 Å². The van der Waals surface area contributed by atoms with Crippen molar-refractivity contribution in [1.29, 1.82) is 0 Å². The largest absolute Gasteiger partial charge is 0.340 e. The van der Waals surface area contributed by atoms with Crippen LogP contribution in [0.25, 0.3) is 0 Å². The van der Waals surface area contributed by atoms with E-state index in [1.54, 1.807) is 12.1 Å². The maximum Gasteiger partial charge on any atom is 0.227 e. The lowest BCUT2D eigenvalue weighted by Crippen LogP contribution is -2.51. The number of rotatable bonds is 3. The van der Waals surface area contributed by atoms with Gasteiger partial charge in [0.25, 0.3) is 0 Å². The van der Waals surface area contributed by atoms with Crippen molar-refractivity contribution in [3.8, 4) is 0 Å². The number of hydrogen-bond donors (Lipinski definition) is 1. The van der Waals surface area contributed by atoms with Crippen LogP contribution in [0.3, 0.4) is 0 Å². The maximum absolute atomic E-state index is 13.3. The Morgan fingerprint density at radius 3 is 2.83 bits per heavy atom. The Morgan fingerprint density at radius 1 is 1.30 bits per heavy atom. The van der Waals surface area contributed by atoms with Gasteiger partial charge < -0.3 is 10.2 Å². The number of nitrogens with one attached hydrogen (secondary N) is 1. The number of benzene rings is 1. The quantitative estimate of drug-likeness (QED) is 0.916. The molecule has 4 nitrogen and oxygen atoms in total. The number of piperazine rings is 1. The van der Waals surface area contributed by atoms with Crippen molar-refractivity contribution in [2.24, 2.45) is 5.92 Å². The van der Waals surface area contributed by atoms with Crippen LogP contribution in [-0.4, -0.2) is 55.0 Å². The van der Waals surface area contributed by atoms with Crippen LogP contribution in [0.2, 0.25) is 5.02 Å². The van der Waals surface area contributed by atoms with E-state index >= 15 is 0 Å². The van der Waals surface area contributed by atoms with Gasteiger partial charge in [0.2, 0.25) is 5.91 Å². The smallest absolute Gasteiger partial charge is 0.227 e. The molecule has 0 aliphatic carbocycles. The van der Waals surface area contributed by atoms with Gasteiger partial charge in [-0.05, 0) is 37.1 Å². The lowest BCUT2D eigenvalue weighted by molar-refractivity contribution is -0.138. The molecule has 0 aromatic heterocycles. The zero-order valence-electron chi connectivity index (χ0n) is 13.2. The van der Waals surface area contributed by atoms with Gasteiger partial charge in [0.05, 0.1) is 10.9 Å². The Bertz CT molecular complexity index is 563. The van der Waals surface area contributed by atoms with E-state index in [-0.39, 0.29) is 22.7 Å². The van der Waals surface area contributed by atoms with Crippen molar-refractivity contribution in [2.75, 3.05) is 39.3 Å². The van der Waals surface area contributed by atoms with E-state index in [4.69, 9.17) is 11.6 Å². The number of amides is 1. The lowest BCUT2D eigenvalue weighted by atomic mass is 9.95. The lowest BCUT2D eigenvalue weighted by Gasteiger charge is -2.36. The van der Waals surface area contributed by atoms with Gasteiger partial charge in [-0.2, -0.15) is 0 Å². The third-order valence-electron chi connectivity index (χ3n) is 4.67. The van der Waals surface area contributed by atoms with Gasteiger partial charge in [0, 0.05) is 39.3 Å². The van der Waals surface area contributed by atoms with Gasteiger partial charge >= 0.3 is 0 Å². The van der Waals surface area contributed by atoms with Gasteiger partial charge in [-0.1, -0.05) is 17.7 Å². The predicted molar refractivity (Wildman–Crippen MR) is 88.9 cm³/mol. The van der Waals surface area contributed by atoms with Crippen LogP contribution >= 0.6 is 11.6 Å². The Morgan fingerprint density at radius 2 is 2.09 bits per heavy atom. The van der Waals surface area contributed by atoms with E-state index in [1.165, 1.54) is 6.07 Å². The first-order valence-corrected chi connectivity index (χ1v) is 8.67. The molecule has 1 atom stereocenters. The molecule has 6 heteroatoms. The van der Waals surface area contributed by atoms with E-state index in [0.29, 0.717) is 6.54 Å². The second-order valence-corrected chi connectivity index (χ2v) is 6.81. The molecule has 1 aromatic rings. The summed E-state index contributed by atoms with van der Waals surface area (Å²) in [7, 11) is 0. The molecule has 0 spiro atoms. The highest BCUT2D eigenvalue weighted by molar-refractivity contribution is 6.30. The molecule has 1 amide bonds. The molecule has 2 aliphatic rings. The maximum atomic E-state index is 13.3. The highest BCUT2D eigenvalue weighted by Gasteiger charge is 2.29. The second kappa shape index (κ2) is 7.60. The zero-order chi connectivity index (χ0) is 16.2. The summed E-state index contributed by atoms with van der Waals surface area (Å²) in [6.45, 7) is 5.85. The molecule has 2 saturated heterocycles. The first-order chi connectivity index (χ1) is 11.1. The average molecular weight is 340 g/mol. The summed E-state index contributed by atoms with van der Waals surface area (Å²) < 4.78 is 13.3. The Balaban J connectivity index is 1.59. The third kappa shape index (κ3) is 4.22. The van der Waals surface area contributed by atoms with Crippen LogP contribution in [0.15, 0.2) is 18.2 Å². The molecule has 1 N–H and O–H groups in total. The number of carbonyl (C=O) groups is 1. The fraction of sp³-hybridized carbons (Fsp3) is 0.588. The molecular weight excluding hydrogens is 317 g/mol. The summed E-state index contributed by atoms with van der Waals surface area (Å²) in [6.07, 6.45) is 1.99. The number of carbonyl (C=O) groups excluding carboxylic acids is 1. The minimum absolute atomic E-state index is 0.0813. The Hall–Kier alpha value is -1.17. The fourth-order valence-corrected chi connectivity index (χ4v) is 3.64. The van der Waals surface area contributed by atoms with Crippen LogP contribution in [0.4, 0.5) is 4.39 Å². The third-order valence-corrected chi connectivity index (χ3v) is 4.96. The highest BCUT2D eigenvalue weighted by Crippen LogP contribution is 2.22. The van der Waals surface area contributed by atoms with E-state index in [9.17, 15) is 9.18 Å². The molecule has 1 unspecified atom stereocenters. The first-order valence-electron chi connectivity index (χ1n) is 8.29. The van der Waals surface area contributed by atoms with Crippen molar-refractivity contribution in [3.63, 3.8) is 0 Å². The molecule has 0 bridgehead atoms. The van der Waals surface area contributed by atoms with Gasteiger partial charge in [-0.15, -0.1) is 0 Å². The van der Waals surface area contributed by atoms with Crippen molar-refractivity contribution in [3.05, 3.63) is 34.6 Å². The summed E-state index contributed by atoms with van der Waals surface area (Å²) in [5.74, 6) is -0.0214. The predicted octanol–water partition coefficient (Wildman–Crippen LogP) is 2.12. The topological polar surface area (TPSA) is 35.6 Å². The molecule has 2 aliphatic heterocycles. The molecule has 3 rings (SSSR count). The molecular formula is C17H23ClFN3O. The summed E-state index contributed by atoms with van der Waals surface area (Å²) in [5, 5.41) is 3.44. The van der Waals surface area contributed by atoms with Crippen LogP contribution in [0, 0.1) is 11.7 Å². The van der Waals surface area contributed by atoms with Crippen LogP contribution in [0.5, 0.6) is 0 Å². The first kappa shape index (κ1) is 16.7. The van der Waals surface area contributed by atoms with Crippen molar-refractivity contribution >= 4 is 17.5 Å². The molecule has 2 fully saturated rings. The minimum Gasteiger partial charge on any atom is -0.340 e. The normalized spacial score (nSPS) is 23.0. The van der Waals surface area contributed by atoms with Crippen LogP contribution in [0.1, 0.15) is 18.4 Å². The molecule has 2 heterocycles. The van der Waals surface area contributed by atoms with Crippen LogP contribution < -0.4 is 5.32 Å². The second-order valence-electron chi connectivity index (χ2n) is 6.40.